The predicted molar refractivity (Wildman–Crippen MR) is 102 cm³/mol. The number of alkyl halides is 4. The molecule has 0 unspecified atom stereocenters. The van der Waals surface area contributed by atoms with E-state index in [-0.39, 0.29) is 11.5 Å². The van der Waals surface area contributed by atoms with E-state index >= 15 is 0 Å². The number of aromatic amines is 1. The van der Waals surface area contributed by atoms with Crippen molar-refractivity contribution in [3.8, 4) is 11.5 Å². The Kier molecular flexibility index (Phi) is 5.73. The minimum Gasteiger partial charge on any atom is -0.468 e. The molecule has 3 aromatic rings. The van der Waals surface area contributed by atoms with Crippen molar-refractivity contribution >= 4 is 16.9 Å². The molecule has 31 heavy (non-hydrogen) atoms. The molecule has 0 radical (unpaired) electrons. The number of hydrogen-bond acceptors (Lipinski definition) is 5. The van der Waals surface area contributed by atoms with E-state index in [9.17, 15) is 22.4 Å². The van der Waals surface area contributed by atoms with Crippen LogP contribution in [0, 0.1) is 0 Å². The summed E-state index contributed by atoms with van der Waals surface area (Å²) in [5.74, 6) is -1.20. The smallest absolute Gasteiger partial charge is 0.387 e. The minimum atomic E-state index is -3.15. The highest BCUT2D eigenvalue weighted by molar-refractivity contribution is 5.87. The van der Waals surface area contributed by atoms with Crippen molar-refractivity contribution in [1.82, 2.24) is 10.3 Å². The molecule has 2 aromatic carbocycles. The lowest BCUT2D eigenvalue weighted by Gasteiger charge is -2.30. The van der Waals surface area contributed by atoms with Gasteiger partial charge in [-0.3, -0.25) is 10.1 Å². The number of benzene rings is 2. The lowest BCUT2D eigenvalue weighted by Crippen LogP contribution is -2.45. The molecule has 4 rings (SSSR count). The Labute approximate surface area is 174 Å². The number of fused-ring (bicyclic) bond motifs is 3. The van der Waals surface area contributed by atoms with Crippen molar-refractivity contribution in [2.24, 2.45) is 0 Å². The summed E-state index contributed by atoms with van der Waals surface area (Å²) in [6, 6.07) is 9.52. The monoisotopic (exact) mass is 438 g/mol. The highest BCUT2D eigenvalue weighted by Crippen LogP contribution is 2.38. The average molecular weight is 438 g/mol. The summed E-state index contributed by atoms with van der Waals surface area (Å²) in [7, 11) is 1.26. The number of hydrogen-bond donors (Lipinski definition) is 2. The first-order chi connectivity index (χ1) is 14.9. The van der Waals surface area contributed by atoms with Crippen LogP contribution in [0.1, 0.15) is 22.9 Å². The second kappa shape index (κ2) is 8.46. The van der Waals surface area contributed by atoms with Crippen LogP contribution in [0.25, 0.3) is 10.9 Å². The fraction of sp³-hybridized carbons (Fsp3) is 0.286. The normalized spacial score (nSPS) is 18.3. The maximum atomic E-state index is 12.8. The molecular weight excluding hydrogens is 420 g/mol. The number of ether oxygens (including phenoxy) is 3. The molecule has 1 aromatic heterocycles. The predicted octanol–water partition coefficient (Wildman–Crippen LogP) is 4.15. The summed E-state index contributed by atoms with van der Waals surface area (Å²) in [4.78, 5) is 15.6. The van der Waals surface area contributed by atoms with Gasteiger partial charge in [-0.2, -0.15) is 17.6 Å². The maximum absolute atomic E-state index is 12.8. The number of halogens is 4. The van der Waals surface area contributed by atoms with Gasteiger partial charge in [0.05, 0.1) is 13.2 Å². The van der Waals surface area contributed by atoms with Gasteiger partial charge >= 0.3 is 19.2 Å². The number of esters is 1. The number of carbonyl (C=O) groups excluding carboxylic acids is 1. The zero-order valence-corrected chi connectivity index (χ0v) is 16.2. The Morgan fingerprint density at radius 3 is 2.29 bits per heavy atom. The van der Waals surface area contributed by atoms with Gasteiger partial charge in [0.25, 0.3) is 0 Å². The van der Waals surface area contributed by atoms with Crippen molar-refractivity contribution in [1.29, 1.82) is 0 Å². The molecule has 0 amide bonds. The van der Waals surface area contributed by atoms with Crippen LogP contribution < -0.4 is 14.8 Å². The van der Waals surface area contributed by atoms with Gasteiger partial charge < -0.3 is 19.2 Å². The number of nitrogens with one attached hydrogen (secondary N) is 2. The molecule has 0 bridgehead atoms. The van der Waals surface area contributed by atoms with Gasteiger partial charge in [0.2, 0.25) is 0 Å². The maximum Gasteiger partial charge on any atom is 0.387 e. The lowest BCUT2D eigenvalue weighted by atomic mass is 9.90. The molecular formula is C21H18F4N2O4. The molecule has 1 aliphatic rings. The topological polar surface area (TPSA) is 72.6 Å². The molecule has 0 aliphatic carbocycles. The molecule has 2 N–H and O–H groups in total. The molecule has 164 valence electrons. The molecule has 0 spiro atoms. The van der Waals surface area contributed by atoms with Gasteiger partial charge in [0.1, 0.15) is 17.5 Å². The van der Waals surface area contributed by atoms with Crippen molar-refractivity contribution in [3.05, 3.63) is 59.3 Å². The average Bonchev–Trinajstić information content (AvgIpc) is 3.10. The van der Waals surface area contributed by atoms with E-state index in [1.54, 1.807) is 0 Å². The first kappa shape index (κ1) is 21.0. The molecule has 0 fully saturated rings. The standard InChI is InChI=1S/C21H18F4N2O4/c1-29-19(28)16-9-14-13-4-2-3-5-15(13)26-18(14)17(27-16)10-6-11(30-20(22)23)8-12(7-10)31-21(24)25/h2-8,16-17,20-21,26-27H,9H2,1H3/t16-,17-/m1/s1. The van der Waals surface area contributed by atoms with Gasteiger partial charge in [-0.15, -0.1) is 0 Å². The first-order valence-electron chi connectivity index (χ1n) is 9.33. The van der Waals surface area contributed by atoms with Crippen LogP contribution in [-0.4, -0.2) is 37.3 Å². The van der Waals surface area contributed by atoms with Crippen molar-refractivity contribution < 1.29 is 36.6 Å². The van der Waals surface area contributed by atoms with Gasteiger partial charge in [-0.1, -0.05) is 18.2 Å². The Morgan fingerprint density at radius 1 is 1.03 bits per heavy atom. The number of carbonyl (C=O) groups is 1. The number of aromatic nitrogens is 1. The quantitative estimate of drug-likeness (QED) is 0.447. The van der Waals surface area contributed by atoms with Crippen LogP contribution in [-0.2, 0) is 16.0 Å². The summed E-state index contributed by atoms with van der Waals surface area (Å²) in [5.41, 5.74) is 2.63. The largest absolute Gasteiger partial charge is 0.468 e. The zero-order valence-electron chi connectivity index (χ0n) is 16.2. The summed E-state index contributed by atoms with van der Waals surface area (Å²) in [6.07, 6.45) is 0.330. The number of H-pyrrole nitrogens is 1. The Balaban J connectivity index is 1.84. The molecule has 2 heterocycles. The first-order valence-corrected chi connectivity index (χ1v) is 9.33. The van der Waals surface area contributed by atoms with E-state index in [0.29, 0.717) is 17.7 Å². The van der Waals surface area contributed by atoms with E-state index in [1.807, 2.05) is 24.3 Å². The molecule has 0 saturated carbocycles. The summed E-state index contributed by atoms with van der Waals surface area (Å²) >= 11 is 0. The SMILES string of the molecule is COC(=O)[C@H]1Cc2c([nH]c3ccccc23)[C@@H](c2cc(OC(F)F)cc(OC(F)F)c2)N1. The molecule has 0 saturated heterocycles. The van der Waals surface area contributed by atoms with Gasteiger partial charge in [-0.25, -0.2) is 0 Å². The fourth-order valence-corrected chi connectivity index (χ4v) is 3.89. The third-order valence-electron chi connectivity index (χ3n) is 5.08. The number of para-hydroxylation sites is 1. The number of methoxy groups -OCH3 is 1. The second-order valence-electron chi connectivity index (χ2n) is 6.94. The minimum absolute atomic E-state index is 0.301. The van der Waals surface area contributed by atoms with Crippen molar-refractivity contribution in [2.75, 3.05) is 7.11 Å². The van der Waals surface area contributed by atoms with Crippen LogP contribution in [0.15, 0.2) is 42.5 Å². The van der Waals surface area contributed by atoms with Crippen molar-refractivity contribution in [3.63, 3.8) is 0 Å². The zero-order chi connectivity index (χ0) is 22.1. The van der Waals surface area contributed by atoms with Gasteiger partial charge in [-0.05, 0) is 29.3 Å². The van der Waals surface area contributed by atoms with Gasteiger partial charge in [0, 0.05) is 29.1 Å². The summed E-state index contributed by atoms with van der Waals surface area (Å²) in [5, 5.41) is 4.00. The number of rotatable bonds is 6. The Bertz CT molecular complexity index is 1070. The van der Waals surface area contributed by atoms with E-state index in [4.69, 9.17) is 4.74 Å². The van der Waals surface area contributed by atoms with Crippen LogP contribution in [0.3, 0.4) is 0 Å². The lowest BCUT2D eigenvalue weighted by molar-refractivity contribution is -0.143. The van der Waals surface area contributed by atoms with Crippen LogP contribution >= 0.6 is 0 Å². The van der Waals surface area contributed by atoms with Crippen LogP contribution in [0.2, 0.25) is 0 Å². The van der Waals surface area contributed by atoms with E-state index in [2.05, 4.69) is 19.8 Å². The second-order valence-corrected chi connectivity index (χ2v) is 6.94. The van der Waals surface area contributed by atoms with E-state index < -0.39 is 31.3 Å². The van der Waals surface area contributed by atoms with E-state index in [1.165, 1.54) is 19.2 Å². The summed E-state index contributed by atoms with van der Waals surface area (Å²) < 4.78 is 64.9. The molecule has 2 atom stereocenters. The fourth-order valence-electron chi connectivity index (χ4n) is 3.89. The van der Waals surface area contributed by atoms with E-state index in [0.717, 1.165) is 22.5 Å². The third kappa shape index (κ3) is 4.29. The molecule has 6 nitrogen and oxygen atoms in total. The van der Waals surface area contributed by atoms with Crippen molar-refractivity contribution in [2.45, 2.75) is 31.7 Å². The highest BCUT2D eigenvalue weighted by Gasteiger charge is 2.35. The van der Waals surface area contributed by atoms with Gasteiger partial charge in [0.15, 0.2) is 0 Å². The van der Waals surface area contributed by atoms with Crippen LogP contribution in [0.4, 0.5) is 17.6 Å². The third-order valence-corrected chi connectivity index (χ3v) is 5.08. The summed E-state index contributed by atoms with van der Waals surface area (Å²) in [6.45, 7) is -6.30. The van der Waals surface area contributed by atoms with Crippen LogP contribution in [0.5, 0.6) is 11.5 Å². The highest BCUT2D eigenvalue weighted by atomic mass is 19.3. The molecule has 10 heteroatoms. The Hall–Kier alpha value is -3.27. The Morgan fingerprint density at radius 2 is 1.68 bits per heavy atom. The molecule has 1 aliphatic heterocycles.